The van der Waals surface area contributed by atoms with E-state index in [1.54, 1.807) is 11.8 Å². The second-order valence-electron chi connectivity index (χ2n) is 4.51. The predicted octanol–water partition coefficient (Wildman–Crippen LogP) is 4.52. The van der Waals surface area contributed by atoms with Crippen LogP contribution in [0.4, 0.5) is 5.69 Å². The number of carbonyl (C=O) groups excluding carboxylic acids is 1. The summed E-state index contributed by atoms with van der Waals surface area (Å²) in [6.07, 6.45) is 0. The van der Waals surface area contributed by atoms with Gasteiger partial charge in [-0.2, -0.15) is 0 Å². The lowest BCUT2D eigenvalue weighted by atomic mass is 10.2. The highest BCUT2D eigenvalue weighted by atomic mass is 35.5. The Kier molecular flexibility index (Phi) is 5.50. The average molecular weight is 306 g/mol. The van der Waals surface area contributed by atoms with E-state index in [-0.39, 0.29) is 5.91 Å². The van der Waals surface area contributed by atoms with Crippen LogP contribution in [0.2, 0.25) is 5.02 Å². The maximum Gasteiger partial charge on any atom is 0.234 e. The number of benzene rings is 2. The zero-order chi connectivity index (χ0) is 14.4. The van der Waals surface area contributed by atoms with Crippen LogP contribution in [0.15, 0.2) is 48.5 Å². The molecular weight excluding hydrogens is 290 g/mol. The number of hydrogen-bond donors (Lipinski definition) is 1. The molecule has 1 N–H and O–H groups in total. The summed E-state index contributed by atoms with van der Waals surface area (Å²) in [6.45, 7) is 1.97. The SMILES string of the molecule is Cc1ccc(NC(=O)CSCc2ccccc2)c(Cl)c1. The van der Waals surface area contributed by atoms with E-state index < -0.39 is 0 Å². The number of anilines is 1. The lowest BCUT2D eigenvalue weighted by Crippen LogP contribution is -2.14. The van der Waals surface area contributed by atoms with Crippen molar-refractivity contribution in [1.29, 1.82) is 0 Å². The van der Waals surface area contributed by atoms with Gasteiger partial charge in [0.15, 0.2) is 0 Å². The molecule has 0 saturated heterocycles. The van der Waals surface area contributed by atoms with Crippen LogP contribution in [0.25, 0.3) is 0 Å². The van der Waals surface area contributed by atoms with E-state index in [9.17, 15) is 4.79 Å². The number of aryl methyl sites for hydroxylation is 1. The van der Waals surface area contributed by atoms with Crippen molar-refractivity contribution in [2.45, 2.75) is 12.7 Å². The lowest BCUT2D eigenvalue weighted by Gasteiger charge is -2.08. The Balaban J connectivity index is 1.81. The fourth-order valence-electron chi connectivity index (χ4n) is 1.74. The van der Waals surface area contributed by atoms with E-state index in [1.165, 1.54) is 5.56 Å². The van der Waals surface area contributed by atoms with Gasteiger partial charge in [-0.3, -0.25) is 4.79 Å². The van der Waals surface area contributed by atoms with Gasteiger partial charge in [0.2, 0.25) is 5.91 Å². The number of carbonyl (C=O) groups is 1. The predicted molar refractivity (Wildman–Crippen MR) is 87.4 cm³/mol. The molecule has 2 aromatic carbocycles. The van der Waals surface area contributed by atoms with Crippen LogP contribution in [-0.2, 0) is 10.5 Å². The summed E-state index contributed by atoms with van der Waals surface area (Å²) >= 11 is 7.67. The maximum absolute atomic E-state index is 11.8. The molecule has 1 amide bonds. The Labute approximate surface area is 128 Å². The van der Waals surface area contributed by atoms with Crippen LogP contribution in [0.1, 0.15) is 11.1 Å². The second kappa shape index (κ2) is 7.36. The number of nitrogens with one attached hydrogen (secondary N) is 1. The molecule has 0 aliphatic carbocycles. The molecule has 0 spiro atoms. The van der Waals surface area contributed by atoms with E-state index in [0.29, 0.717) is 16.5 Å². The van der Waals surface area contributed by atoms with Gasteiger partial charge in [-0.1, -0.05) is 48.0 Å². The lowest BCUT2D eigenvalue weighted by molar-refractivity contribution is -0.113. The molecule has 0 atom stereocenters. The van der Waals surface area contributed by atoms with E-state index >= 15 is 0 Å². The van der Waals surface area contributed by atoms with Crippen LogP contribution in [0.3, 0.4) is 0 Å². The van der Waals surface area contributed by atoms with Crippen LogP contribution in [0, 0.1) is 6.92 Å². The second-order valence-corrected chi connectivity index (χ2v) is 5.90. The first-order chi connectivity index (χ1) is 9.65. The third-order valence-electron chi connectivity index (χ3n) is 2.74. The van der Waals surface area contributed by atoms with E-state index in [4.69, 9.17) is 11.6 Å². The Morgan fingerprint density at radius 2 is 1.95 bits per heavy atom. The zero-order valence-electron chi connectivity index (χ0n) is 11.2. The first-order valence-electron chi connectivity index (χ1n) is 6.33. The van der Waals surface area contributed by atoms with Crippen molar-refractivity contribution < 1.29 is 4.79 Å². The Morgan fingerprint density at radius 1 is 1.20 bits per heavy atom. The third kappa shape index (κ3) is 4.58. The molecule has 104 valence electrons. The van der Waals surface area contributed by atoms with Gasteiger partial charge in [-0.15, -0.1) is 11.8 Å². The topological polar surface area (TPSA) is 29.1 Å². The van der Waals surface area contributed by atoms with Crippen LogP contribution in [0.5, 0.6) is 0 Å². The maximum atomic E-state index is 11.8. The van der Waals surface area contributed by atoms with Crippen molar-refractivity contribution in [3.05, 3.63) is 64.7 Å². The van der Waals surface area contributed by atoms with Crippen molar-refractivity contribution in [2.75, 3.05) is 11.1 Å². The molecule has 0 aromatic heterocycles. The van der Waals surface area contributed by atoms with Crippen molar-refractivity contribution in [3.8, 4) is 0 Å². The number of hydrogen-bond acceptors (Lipinski definition) is 2. The van der Waals surface area contributed by atoms with Gasteiger partial charge >= 0.3 is 0 Å². The van der Waals surface area contributed by atoms with Gasteiger partial charge in [-0.25, -0.2) is 0 Å². The average Bonchev–Trinajstić information content (AvgIpc) is 2.43. The van der Waals surface area contributed by atoms with E-state index in [2.05, 4.69) is 17.4 Å². The number of rotatable bonds is 5. The molecule has 0 aliphatic rings. The zero-order valence-corrected chi connectivity index (χ0v) is 12.8. The van der Waals surface area contributed by atoms with E-state index in [1.807, 2.05) is 43.3 Å². The highest BCUT2D eigenvalue weighted by molar-refractivity contribution is 7.99. The monoisotopic (exact) mass is 305 g/mol. The van der Waals surface area contributed by atoms with Gasteiger partial charge < -0.3 is 5.32 Å². The summed E-state index contributed by atoms with van der Waals surface area (Å²) in [5.41, 5.74) is 2.97. The molecule has 0 saturated carbocycles. The highest BCUT2D eigenvalue weighted by Crippen LogP contribution is 2.23. The largest absolute Gasteiger partial charge is 0.324 e. The molecule has 0 bridgehead atoms. The van der Waals surface area contributed by atoms with Gasteiger partial charge in [0.05, 0.1) is 16.5 Å². The normalized spacial score (nSPS) is 10.3. The molecule has 4 heteroatoms. The minimum atomic E-state index is -0.0308. The Bertz CT molecular complexity index is 586. The summed E-state index contributed by atoms with van der Waals surface area (Å²) in [4.78, 5) is 11.8. The smallest absolute Gasteiger partial charge is 0.234 e. The van der Waals surface area contributed by atoms with Gasteiger partial charge in [0, 0.05) is 5.75 Å². The minimum Gasteiger partial charge on any atom is -0.324 e. The van der Waals surface area contributed by atoms with Gasteiger partial charge in [0.1, 0.15) is 0 Å². The van der Waals surface area contributed by atoms with Crippen molar-refractivity contribution >= 4 is 35.0 Å². The van der Waals surface area contributed by atoms with E-state index in [0.717, 1.165) is 11.3 Å². The Hall–Kier alpha value is -1.45. The molecule has 0 fully saturated rings. The fraction of sp³-hybridized carbons (Fsp3) is 0.188. The Morgan fingerprint density at radius 3 is 2.65 bits per heavy atom. The quantitative estimate of drug-likeness (QED) is 0.880. The fourth-order valence-corrected chi connectivity index (χ4v) is 2.81. The first kappa shape index (κ1) is 14.9. The molecule has 0 unspecified atom stereocenters. The molecule has 2 aromatic rings. The van der Waals surface area contributed by atoms with Crippen molar-refractivity contribution in [1.82, 2.24) is 0 Å². The minimum absolute atomic E-state index is 0.0308. The summed E-state index contributed by atoms with van der Waals surface area (Å²) in [5.74, 6) is 1.21. The summed E-state index contributed by atoms with van der Waals surface area (Å²) in [5, 5.41) is 3.41. The molecule has 2 nitrogen and oxygen atoms in total. The molecule has 0 aliphatic heterocycles. The van der Waals surface area contributed by atoms with Gasteiger partial charge in [-0.05, 0) is 30.2 Å². The van der Waals surface area contributed by atoms with Gasteiger partial charge in [0.25, 0.3) is 0 Å². The molecule has 2 rings (SSSR count). The summed E-state index contributed by atoms with van der Waals surface area (Å²) < 4.78 is 0. The van der Waals surface area contributed by atoms with Crippen LogP contribution >= 0.6 is 23.4 Å². The van der Waals surface area contributed by atoms with Crippen molar-refractivity contribution in [2.24, 2.45) is 0 Å². The molecule has 0 radical (unpaired) electrons. The first-order valence-corrected chi connectivity index (χ1v) is 7.86. The van der Waals surface area contributed by atoms with Crippen molar-refractivity contribution in [3.63, 3.8) is 0 Å². The number of thioether (sulfide) groups is 1. The number of halogens is 1. The summed E-state index contributed by atoms with van der Waals surface area (Å²) in [7, 11) is 0. The molecular formula is C16H16ClNOS. The van der Waals surface area contributed by atoms with Crippen LogP contribution < -0.4 is 5.32 Å². The number of amides is 1. The third-order valence-corrected chi connectivity index (χ3v) is 4.06. The molecule has 20 heavy (non-hydrogen) atoms. The summed E-state index contributed by atoms with van der Waals surface area (Å²) in [6, 6.07) is 15.7. The van der Waals surface area contributed by atoms with Crippen LogP contribution in [-0.4, -0.2) is 11.7 Å². The standard InChI is InChI=1S/C16H16ClNOS/c1-12-7-8-15(14(17)9-12)18-16(19)11-20-10-13-5-3-2-4-6-13/h2-9H,10-11H2,1H3,(H,18,19). The molecule has 0 heterocycles. The highest BCUT2D eigenvalue weighted by Gasteiger charge is 2.06.